The zero-order chi connectivity index (χ0) is 8.72. The Labute approximate surface area is 73.5 Å². The number of ether oxygens (including phenoxy) is 2. The number of hydrogen-bond donors (Lipinski definition) is 0. The Hall–Kier alpha value is -0.340. The third-order valence-electron chi connectivity index (χ3n) is 3.15. The van der Waals surface area contributed by atoms with Gasteiger partial charge in [0.15, 0.2) is 0 Å². The molecule has 2 aliphatic rings. The van der Waals surface area contributed by atoms with Crippen LogP contribution in [-0.4, -0.2) is 25.4 Å². The Morgan fingerprint density at radius 2 is 1.58 bits per heavy atom. The largest absolute Gasteiger partial charge is 0.381 e. The molecule has 2 aliphatic heterocycles. The summed E-state index contributed by atoms with van der Waals surface area (Å²) in [5.41, 5.74) is 0. The van der Waals surface area contributed by atoms with Gasteiger partial charge in [0.2, 0.25) is 0 Å². The van der Waals surface area contributed by atoms with Crippen molar-refractivity contribution in [1.82, 2.24) is 0 Å². The molecule has 0 aromatic heterocycles. The second kappa shape index (κ2) is 2.86. The molecule has 0 spiro atoms. The fourth-order valence-electron chi connectivity index (χ4n) is 2.37. The van der Waals surface area contributed by atoms with Crippen LogP contribution in [0.15, 0.2) is 12.2 Å². The van der Waals surface area contributed by atoms with Crippen LogP contribution >= 0.6 is 0 Å². The summed E-state index contributed by atoms with van der Waals surface area (Å²) < 4.78 is 11.2. The number of hydrogen-bond acceptors (Lipinski definition) is 2. The molecule has 2 bridgehead atoms. The van der Waals surface area contributed by atoms with Crippen LogP contribution in [0, 0.1) is 11.8 Å². The maximum absolute atomic E-state index is 5.76. The summed E-state index contributed by atoms with van der Waals surface area (Å²) >= 11 is 0. The van der Waals surface area contributed by atoms with Gasteiger partial charge in [-0.1, -0.05) is 26.0 Å². The molecule has 1 fully saturated rings. The van der Waals surface area contributed by atoms with E-state index in [1.165, 1.54) is 0 Å². The molecule has 0 aliphatic carbocycles. The highest BCUT2D eigenvalue weighted by Gasteiger charge is 2.42. The van der Waals surface area contributed by atoms with Gasteiger partial charge in [-0.3, -0.25) is 0 Å². The van der Waals surface area contributed by atoms with Crippen molar-refractivity contribution >= 4 is 0 Å². The first-order chi connectivity index (χ1) is 5.74. The van der Waals surface area contributed by atoms with Gasteiger partial charge in [0.05, 0.1) is 18.3 Å². The number of rotatable bonds is 1. The Bertz CT molecular complexity index is 182. The van der Waals surface area contributed by atoms with Crippen LogP contribution in [-0.2, 0) is 9.47 Å². The van der Waals surface area contributed by atoms with E-state index in [2.05, 4.69) is 26.0 Å². The van der Waals surface area contributed by atoms with Gasteiger partial charge in [0.25, 0.3) is 0 Å². The monoisotopic (exact) mass is 168 g/mol. The summed E-state index contributed by atoms with van der Waals surface area (Å²) in [7, 11) is 1.79. The minimum Gasteiger partial charge on any atom is -0.381 e. The molecule has 2 heteroatoms. The van der Waals surface area contributed by atoms with Crippen LogP contribution in [0.5, 0.6) is 0 Å². The molecule has 0 amide bonds. The summed E-state index contributed by atoms with van der Waals surface area (Å²) in [5, 5.41) is 0. The van der Waals surface area contributed by atoms with E-state index in [1.54, 1.807) is 7.11 Å². The zero-order valence-corrected chi connectivity index (χ0v) is 7.86. The van der Waals surface area contributed by atoms with E-state index >= 15 is 0 Å². The van der Waals surface area contributed by atoms with Crippen molar-refractivity contribution < 1.29 is 9.47 Å². The highest BCUT2D eigenvalue weighted by molar-refractivity contribution is 5.11. The quantitative estimate of drug-likeness (QED) is 0.554. The van der Waals surface area contributed by atoms with Gasteiger partial charge in [-0.25, -0.2) is 0 Å². The van der Waals surface area contributed by atoms with Crippen LogP contribution < -0.4 is 0 Å². The molecule has 5 atom stereocenters. The van der Waals surface area contributed by atoms with Gasteiger partial charge < -0.3 is 9.47 Å². The number of fused-ring (bicyclic) bond motifs is 2. The van der Waals surface area contributed by atoms with Crippen LogP contribution in [0.2, 0.25) is 0 Å². The van der Waals surface area contributed by atoms with E-state index in [9.17, 15) is 0 Å². The molecule has 12 heavy (non-hydrogen) atoms. The Kier molecular flexibility index (Phi) is 1.97. The van der Waals surface area contributed by atoms with Crippen molar-refractivity contribution in [3.8, 4) is 0 Å². The third-order valence-corrected chi connectivity index (χ3v) is 3.15. The summed E-state index contributed by atoms with van der Waals surface area (Å²) in [5.74, 6) is 0.972. The normalized spacial score (nSPS) is 51.4. The maximum atomic E-state index is 5.76. The van der Waals surface area contributed by atoms with E-state index in [4.69, 9.17) is 9.47 Å². The standard InChI is InChI=1S/C10H16O2/c1-6-8-4-5-9(12-8)7(2)10(6)11-3/h4-10H,1-3H3/t6-,7+,8-,9+,10?. The molecule has 0 radical (unpaired) electrons. The molecule has 2 heterocycles. The van der Waals surface area contributed by atoms with Gasteiger partial charge in [-0.05, 0) is 0 Å². The molecular weight excluding hydrogens is 152 g/mol. The van der Waals surface area contributed by atoms with Crippen molar-refractivity contribution in [2.45, 2.75) is 32.2 Å². The lowest BCUT2D eigenvalue weighted by Gasteiger charge is -2.38. The topological polar surface area (TPSA) is 18.5 Å². The first kappa shape index (κ1) is 8.27. The Balaban J connectivity index is 2.19. The van der Waals surface area contributed by atoms with Crippen molar-refractivity contribution in [3.05, 3.63) is 12.2 Å². The third kappa shape index (κ3) is 1.02. The fourth-order valence-corrected chi connectivity index (χ4v) is 2.37. The van der Waals surface area contributed by atoms with E-state index in [1.807, 2.05) is 0 Å². The number of methoxy groups -OCH3 is 1. The average molecular weight is 168 g/mol. The van der Waals surface area contributed by atoms with Gasteiger partial charge >= 0.3 is 0 Å². The van der Waals surface area contributed by atoms with Crippen LogP contribution in [0.25, 0.3) is 0 Å². The Morgan fingerprint density at radius 3 is 2.00 bits per heavy atom. The summed E-state index contributed by atoms with van der Waals surface area (Å²) in [6.07, 6.45) is 5.27. The van der Waals surface area contributed by atoms with Crippen LogP contribution in [0.3, 0.4) is 0 Å². The van der Waals surface area contributed by atoms with Gasteiger partial charge in [-0.15, -0.1) is 0 Å². The fraction of sp³-hybridized carbons (Fsp3) is 0.800. The summed E-state index contributed by atoms with van der Waals surface area (Å²) in [4.78, 5) is 0. The molecule has 1 saturated heterocycles. The first-order valence-electron chi connectivity index (χ1n) is 4.60. The summed E-state index contributed by atoms with van der Waals surface area (Å²) in [6, 6.07) is 0. The van der Waals surface area contributed by atoms with Gasteiger partial charge in [-0.2, -0.15) is 0 Å². The molecule has 2 rings (SSSR count). The van der Waals surface area contributed by atoms with E-state index < -0.39 is 0 Å². The molecule has 0 N–H and O–H groups in total. The first-order valence-corrected chi connectivity index (χ1v) is 4.60. The summed E-state index contributed by atoms with van der Waals surface area (Å²) in [6.45, 7) is 4.39. The van der Waals surface area contributed by atoms with Crippen LogP contribution in [0.4, 0.5) is 0 Å². The molecule has 0 saturated carbocycles. The SMILES string of the molecule is COC1[C@@H](C)[C@@H]2C=C[C@@H](O2)[C@H]1C. The zero-order valence-electron chi connectivity index (χ0n) is 7.86. The van der Waals surface area contributed by atoms with E-state index in [-0.39, 0.29) is 12.2 Å². The van der Waals surface area contributed by atoms with Crippen molar-refractivity contribution in [1.29, 1.82) is 0 Å². The lowest BCUT2D eigenvalue weighted by Crippen LogP contribution is -2.45. The molecule has 2 nitrogen and oxygen atoms in total. The van der Waals surface area contributed by atoms with Crippen LogP contribution in [0.1, 0.15) is 13.8 Å². The highest BCUT2D eigenvalue weighted by Crippen LogP contribution is 2.36. The predicted octanol–water partition coefficient (Wildman–Crippen LogP) is 1.61. The van der Waals surface area contributed by atoms with Crippen molar-refractivity contribution in [3.63, 3.8) is 0 Å². The minimum atomic E-state index is 0.288. The van der Waals surface area contributed by atoms with E-state index in [0.717, 1.165) is 0 Å². The maximum Gasteiger partial charge on any atom is 0.0815 e. The van der Waals surface area contributed by atoms with Crippen molar-refractivity contribution in [2.24, 2.45) is 11.8 Å². The lowest BCUT2D eigenvalue weighted by molar-refractivity contribution is -0.129. The second-order valence-electron chi connectivity index (χ2n) is 3.87. The molecule has 0 aromatic carbocycles. The Morgan fingerprint density at radius 1 is 1.08 bits per heavy atom. The molecule has 0 aromatic rings. The second-order valence-corrected chi connectivity index (χ2v) is 3.87. The smallest absolute Gasteiger partial charge is 0.0815 e. The molecular formula is C10H16O2. The highest BCUT2D eigenvalue weighted by atomic mass is 16.5. The van der Waals surface area contributed by atoms with Gasteiger partial charge in [0.1, 0.15) is 0 Å². The lowest BCUT2D eigenvalue weighted by atomic mass is 9.86. The average Bonchev–Trinajstić information content (AvgIpc) is 2.48. The predicted molar refractivity (Wildman–Crippen MR) is 46.9 cm³/mol. The van der Waals surface area contributed by atoms with Gasteiger partial charge in [0, 0.05) is 18.9 Å². The molecule has 68 valence electrons. The van der Waals surface area contributed by atoms with Crippen molar-refractivity contribution in [2.75, 3.05) is 7.11 Å². The minimum absolute atomic E-state index is 0.288. The van der Waals surface area contributed by atoms with E-state index in [0.29, 0.717) is 17.9 Å². The molecule has 1 unspecified atom stereocenters.